The summed E-state index contributed by atoms with van der Waals surface area (Å²) in [5.74, 6) is 5.06. The minimum Gasteiger partial charge on any atom is -0.320 e. The van der Waals surface area contributed by atoms with E-state index in [0.717, 1.165) is 10.6 Å². The molecule has 0 aliphatic carbocycles. The van der Waals surface area contributed by atoms with Gasteiger partial charge in [-0.3, -0.25) is 9.80 Å². The smallest absolute Gasteiger partial charge is 0.253 e. The highest BCUT2D eigenvalue weighted by atomic mass is 16.2. The molecule has 0 bridgehead atoms. The van der Waals surface area contributed by atoms with Crippen LogP contribution in [0.1, 0.15) is 11.1 Å². The summed E-state index contributed by atoms with van der Waals surface area (Å²) in [5.41, 5.74) is 7.95. The maximum absolute atomic E-state index is 11.4. The van der Waals surface area contributed by atoms with Crippen LogP contribution in [-0.4, -0.2) is 24.0 Å². The zero-order valence-electron chi connectivity index (χ0n) is 9.10. The van der Waals surface area contributed by atoms with Gasteiger partial charge in [-0.2, -0.15) is 0 Å². The molecule has 15 heavy (non-hydrogen) atoms. The Bertz CT molecular complexity index is 332. The van der Waals surface area contributed by atoms with Gasteiger partial charge in [-0.25, -0.2) is 5.84 Å². The van der Waals surface area contributed by atoms with Crippen LogP contribution in [0.15, 0.2) is 24.3 Å². The number of hydrazine groups is 1. The van der Waals surface area contributed by atoms with Crippen molar-refractivity contribution in [1.29, 1.82) is 0 Å². The quantitative estimate of drug-likeness (QED) is 0.422. The molecule has 1 atom stereocenters. The Hall–Kier alpha value is -1.39. The lowest BCUT2D eigenvalue weighted by atomic mass is 10.0. The fourth-order valence-corrected chi connectivity index (χ4v) is 1.33. The normalized spacial score (nSPS) is 12.3. The largest absolute Gasteiger partial charge is 0.320 e. The number of carbonyl (C=O) groups is 1. The number of nitrogens with two attached hydrogens (primary N) is 2. The van der Waals surface area contributed by atoms with E-state index in [4.69, 9.17) is 11.6 Å². The van der Waals surface area contributed by atoms with Crippen molar-refractivity contribution in [3.05, 3.63) is 35.4 Å². The molecule has 0 heterocycles. The van der Waals surface area contributed by atoms with Crippen molar-refractivity contribution >= 4 is 5.91 Å². The number of hydrogen-bond donors (Lipinski definition) is 2. The summed E-state index contributed by atoms with van der Waals surface area (Å²) in [4.78, 5) is 11.4. The van der Waals surface area contributed by atoms with Crippen LogP contribution in [0.25, 0.3) is 0 Å². The number of nitrogens with zero attached hydrogens (tertiary/aromatic N) is 1. The van der Waals surface area contributed by atoms with Crippen molar-refractivity contribution in [2.75, 3.05) is 7.05 Å². The molecule has 1 unspecified atom stereocenters. The molecule has 4 heteroatoms. The summed E-state index contributed by atoms with van der Waals surface area (Å²) < 4.78 is 0. The van der Waals surface area contributed by atoms with E-state index in [-0.39, 0.29) is 5.91 Å². The molecule has 0 radical (unpaired) electrons. The first-order chi connectivity index (χ1) is 7.00. The number of likely N-dealkylation sites (N-methyl/N-ethyl adjacent to an activating group) is 1. The van der Waals surface area contributed by atoms with Crippen LogP contribution in [0, 0.1) is 6.92 Å². The van der Waals surface area contributed by atoms with E-state index >= 15 is 0 Å². The summed E-state index contributed by atoms with van der Waals surface area (Å²) in [5, 5.41) is 1.03. The second kappa shape index (κ2) is 4.91. The number of aryl methyl sites for hydroxylation is 1. The maximum atomic E-state index is 11.4. The first-order valence-corrected chi connectivity index (χ1v) is 4.84. The number of rotatable bonds is 3. The molecule has 0 saturated carbocycles. The van der Waals surface area contributed by atoms with E-state index < -0.39 is 6.04 Å². The molecule has 0 fully saturated rings. The van der Waals surface area contributed by atoms with Gasteiger partial charge in [0.25, 0.3) is 5.91 Å². The number of carbonyl (C=O) groups excluding carboxylic acids is 1. The summed E-state index contributed by atoms with van der Waals surface area (Å²) in [6.45, 7) is 2.02. The topological polar surface area (TPSA) is 72.4 Å². The Labute approximate surface area is 89.8 Å². The molecule has 1 aromatic rings. The lowest BCUT2D eigenvalue weighted by molar-refractivity contribution is -0.131. The van der Waals surface area contributed by atoms with E-state index in [1.54, 1.807) is 0 Å². The van der Waals surface area contributed by atoms with E-state index in [2.05, 4.69) is 0 Å². The Balaban J connectivity index is 2.62. The first kappa shape index (κ1) is 11.7. The standard InChI is InChI=1S/C11H17N3O/c1-8-3-5-9(6-4-8)7-10(12)11(15)14(2)13/h3-6,10H,7,12-13H2,1-2H3. The van der Waals surface area contributed by atoms with E-state index in [9.17, 15) is 4.79 Å². The Kier molecular flexibility index (Phi) is 3.82. The van der Waals surface area contributed by atoms with Gasteiger partial charge >= 0.3 is 0 Å². The molecule has 4 nitrogen and oxygen atoms in total. The van der Waals surface area contributed by atoms with Crippen LogP contribution >= 0.6 is 0 Å². The number of benzene rings is 1. The average molecular weight is 207 g/mol. The van der Waals surface area contributed by atoms with Crippen molar-refractivity contribution in [2.24, 2.45) is 11.6 Å². The highest BCUT2D eigenvalue weighted by molar-refractivity contribution is 5.81. The van der Waals surface area contributed by atoms with Crippen molar-refractivity contribution < 1.29 is 4.79 Å². The zero-order valence-corrected chi connectivity index (χ0v) is 9.10. The van der Waals surface area contributed by atoms with Crippen LogP contribution in [-0.2, 0) is 11.2 Å². The van der Waals surface area contributed by atoms with Crippen molar-refractivity contribution in [3.63, 3.8) is 0 Å². The highest BCUT2D eigenvalue weighted by Crippen LogP contribution is 2.05. The minimum atomic E-state index is -0.567. The molecule has 0 saturated heterocycles. The third-order valence-corrected chi connectivity index (χ3v) is 2.24. The summed E-state index contributed by atoms with van der Waals surface area (Å²) in [6.07, 6.45) is 0.515. The lowest BCUT2D eigenvalue weighted by Gasteiger charge is -2.16. The van der Waals surface area contributed by atoms with Crippen LogP contribution < -0.4 is 11.6 Å². The maximum Gasteiger partial charge on any atom is 0.253 e. The molecule has 82 valence electrons. The van der Waals surface area contributed by atoms with Gasteiger partial charge in [0.1, 0.15) is 0 Å². The fourth-order valence-electron chi connectivity index (χ4n) is 1.33. The lowest BCUT2D eigenvalue weighted by Crippen LogP contribution is -2.46. The molecular formula is C11H17N3O. The van der Waals surface area contributed by atoms with E-state index in [1.165, 1.54) is 12.6 Å². The molecule has 1 aromatic carbocycles. The minimum absolute atomic E-state index is 0.254. The Morgan fingerprint density at radius 2 is 1.93 bits per heavy atom. The van der Waals surface area contributed by atoms with Crippen LogP contribution in [0.3, 0.4) is 0 Å². The zero-order chi connectivity index (χ0) is 11.4. The highest BCUT2D eigenvalue weighted by Gasteiger charge is 2.15. The van der Waals surface area contributed by atoms with Gasteiger partial charge in [0, 0.05) is 7.05 Å². The Morgan fingerprint density at radius 3 is 2.40 bits per heavy atom. The van der Waals surface area contributed by atoms with Gasteiger partial charge in [-0.15, -0.1) is 0 Å². The van der Waals surface area contributed by atoms with Gasteiger partial charge in [0.05, 0.1) is 6.04 Å². The van der Waals surface area contributed by atoms with Gasteiger partial charge in [-0.1, -0.05) is 29.8 Å². The monoisotopic (exact) mass is 207 g/mol. The van der Waals surface area contributed by atoms with Gasteiger partial charge in [0.15, 0.2) is 0 Å². The molecule has 0 aliphatic rings. The molecule has 1 amide bonds. The summed E-state index contributed by atoms with van der Waals surface area (Å²) in [7, 11) is 1.50. The second-order valence-electron chi connectivity index (χ2n) is 3.75. The van der Waals surface area contributed by atoms with Crippen LogP contribution in [0.4, 0.5) is 0 Å². The second-order valence-corrected chi connectivity index (χ2v) is 3.75. The SMILES string of the molecule is Cc1ccc(CC(N)C(=O)N(C)N)cc1. The third-order valence-electron chi connectivity index (χ3n) is 2.24. The predicted octanol–water partition coefficient (Wildman–Crippen LogP) is 0.197. The third kappa shape index (κ3) is 3.34. The van der Waals surface area contributed by atoms with Gasteiger partial charge in [0.2, 0.25) is 0 Å². The number of amides is 1. The average Bonchev–Trinajstić information content (AvgIpc) is 2.20. The molecule has 0 aliphatic heterocycles. The molecule has 4 N–H and O–H groups in total. The van der Waals surface area contributed by atoms with Crippen molar-refractivity contribution in [2.45, 2.75) is 19.4 Å². The van der Waals surface area contributed by atoms with Crippen LogP contribution in [0.2, 0.25) is 0 Å². The molecule has 1 rings (SSSR count). The number of hydrogen-bond acceptors (Lipinski definition) is 3. The molecule has 0 spiro atoms. The summed E-state index contributed by atoms with van der Waals surface area (Å²) in [6, 6.07) is 7.37. The van der Waals surface area contributed by atoms with Gasteiger partial charge in [-0.05, 0) is 18.9 Å². The van der Waals surface area contributed by atoms with E-state index in [1.807, 2.05) is 31.2 Å². The predicted molar refractivity (Wildman–Crippen MR) is 59.8 cm³/mol. The van der Waals surface area contributed by atoms with Crippen LogP contribution in [0.5, 0.6) is 0 Å². The van der Waals surface area contributed by atoms with E-state index in [0.29, 0.717) is 6.42 Å². The molecular weight excluding hydrogens is 190 g/mol. The Morgan fingerprint density at radius 1 is 1.40 bits per heavy atom. The first-order valence-electron chi connectivity index (χ1n) is 4.84. The van der Waals surface area contributed by atoms with Crippen molar-refractivity contribution in [3.8, 4) is 0 Å². The summed E-state index contributed by atoms with van der Waals surface area (Å²) >= 11 is 0. The van der Waals surface area contributed by atoms with Crippen molar-refractivity contribution in [1.82, 2.24) is 5.01 Å². The fraction of sp³-hybridized carbons (Fsp3) is 0.364. The molecule has 0 aromatic heterocycles. The van der Waals surface area contributed by atoms with Gasteiger partial charge < -0.3 is 5.73 Å².